The van der Waals surface area contributed by atoms with Crippen LogP contribution in [-0.4, -0.2) is 28.1 Å². The van der Waals surface area contributed by atoms with E-state index in [0.29, 0.717) is 17.7 Å². The summed E-state index contributed by atoms with van der Waals surface area (Å²) in [6, 6.07) is 14.9. The van der Waals surface area contributed by atoms with E-state index < -0.39 is 22.8 Å². The second-order valence-corrected chi connectivity index (χ2v) is 7.22. The number of aromatic nitrogens is 2. The molecular formula is C24H20FN3O4. The molecule has 162 valence electrons. The number of aromatic hydroxyl groups is 1. The van der Waals surface area contributed by atoms with Crippen molar-refractivity contribution in [2.75, 3.05) is 7.11 Å². The van der Waals surface area contributed by atoms with Gasteiger partial charge in [-0.15, -0.1) is 0 Å². The minimum Gasteiger partial charge on any atom is -0.505 e. The van der Waals surface area contributed by atoms with Crippen molar-refractivity contribution in [1.82, 2.24) is 15.3 Å². The number of amides is 1. The molecule has 0 aliphatic heterocycles. The van der Waals surface area contributed by atoms with Crippen molar-refractivity contribution < 1.29 is 19.0 Å². The average Bonchev–Trinajstić information content (AvgIpc) is 2.79. The van der Waals surface area contributed by atoms with E-state index >= 15 is 0 Å². The van der Waals surface area contributed by atoms with Gasteiger partial charge in [0.1, 0.15) is 22.6 Å². The van der Waals surface area contributed by atoms with E-state index in [4.69, 9.17) is 4.74 Å². The van der Waals surface area contributed by atoms with Crippen LogP contribution in [0.15, 0.2) is 65.6 Å². The lowest BCUT2D eigenvalue weighted by Crippen LogP contribution is -2.29. The normalized spacial score (nSPS) is 10.8. The molecule has 0 spiro atoms. The second-order valence-electron chi connectivity index (χ2n) is 7.22. The number of nitrogens with zero attached hydrogens (tertiary/aromatic N) is 1. The predicted octanol–water partition coefficient (Wildman–Crippen LogP) is 3.30. The molecular weight excluding hydrogens is 413 g/mol. The van der Waals surface area contributed by atoms with E-state index in [1.54, 1.807) is 48.7 Å². The lowest BCUT2D eigenvalue weighted by atomic mass is 10.1. The Kier molecular flexibility index (Phi) is 5.85. The first-order valence-corrected chi connectivity index (χ1v) is 9.84. The van der Waals surface area contributed by atoms with Gasteiger partial charge in [0.2, 0.25) is 0 Å². The van der Waals surface area contributed by atoms with Crippen LogP contribution >= 0.6 is 0 Å². The van der Waals surface area contributed by atoms with E-state index in [2.05, 4.69) is 15.3 Å². The van der Waals surface area contributed by atoms with Gasteiger partial charge in [-0.25, -0.2) is 4.39 Å². The smallest absolute Gasteiger partial charge is 0.265 e. The zero-order chi connectivity index (χ0) is 22.7. The molecule has 3 N–H and O–H groups in total. The number of carbonyl (C=O) groups is 1. The maximum Gasteiger partial charge on any atom is 0.265 e. The summed E-state index contributed by atoms with van der Waals surface area (Å²) in [4.78, 5) is 32.1. The summed E-state index contributed by atoms with van der Waals surface area (Å²) >= 11 is 0. The van der Waals surface area contributed by atoms with Gasteiger partial charge in [0, 0.05) is 18.3 Å². The van der Waals surface area contributed by atoms with Crippen molar-refractivity contribution >= 4 is 16.9 Å². The van der Waals surface area contributed by atoms with Gasteiger partial charge >= 0.3 is 0 Å². The fourth-order valence-electron chi connectivity index (χ4n) is 3.46. The maximum atomic E-state index is 13.1. The van der Waals surface area contributed by atoms with Gasteiger partial charge < -0.3 is 20.1 Å². The molecule has 32 heavy (non-hydrogen) atoms. The Bertz CT molecular complexity index is 1350. The van der Waals surface area contributed by atoms with Gasteiger partial charge in [0.15, 0.2) is 5.75 Å². The Balaban J connectivity index is 1.59. The molecule has 0 saturated carbocycles. The first-order chi connectivity index (χ1) is 15.5. The SMILES string of the molecule is COc1ccccc1CNC(=O)c1c(O)c2ncc(Cc3ccc(F)cc3)cc2[nH]c1=O. The van der Waals surface area contributed by atoms with E-state index in [-0.39, 0.29) is 17.9 Å². The highest BCUT2D eigenvalue weighted by Gasteiger charge is 2.20. The van der Waals surface area contributed by atoms with Crippen LogP contribution in [0.3, 0.4) is 0 Å². The van der Waals surface area contributed by atoms with Gasteiger partial charge in [0.25, 0.3) is 11.5 Å². The number of pyridine rings is 2. The highest BCUT2D eigenvalue weighted by atomic mass is 19.1. The number of nitrogens with one attached hydrogen (secondary N) is 2. The standard InChI is InChI=1S/C24H20FN3O4/c1-32-19-5-3-2-4-16(19)13-27-23(30)20-22(29)21-18(28-24(20)31)11-15(12-26-21)10-14-6-8-17(25)9-7-14/h2-9,11-12H,10,13H2,1H3,(H,27,30)(H2,28,29,31). The Morgan fingerprint density at radius 1 is 1.16 bits per heavy atom. The molecule has 0 unspecified atom stereocenters. The van der Waals surface area contributed by atoms with E-state index in [9.17, 15) is 19.1 Å². The summed E-state index contributed by atoms with van der Waals surface area (Å²) in [5, 5.41) is 13.2. The molecule has 0 aliphatic rings. The quantitative estimate of drug-likeness (QED) is 0.433. The maximum absolute atomic E-state index is 13.1. The molecule has 0 bridgehead atoms. The number of aromatic amines is 1. The first kappa shape index (κ1) is 21.0. The number of hydrogen-bond donors (Lipinski definition) is 3. The number of fused-ring (bicyclic) bond motifs is 1. The fraction of sp³-hybridized carbons (Fsp3) is 0.125. The molecule has 8 heteroatoms. The minimum atomic E-state index is -0.728. The van der Waals surface area contributed by atoms with Crippen LogP contribution in [0.2, 0.25) is 0 Å². The third kappa shape index (κ3) is 4.29. The molecule has 2 aromatic heterocycles. The highest BCUT2D eigenvalue weighted by Crippen LogP contribution is 2.24. The minimum absolute atomic E-state index is 0.106. The van der Waals surface area contributed by atoms with Crippen LogP contribution in [-0.2, 0) is 13.0 Å². The lowest BCUT2D eigenvalue weighted by Gasteiger charge is -2.11. The largest absolute Gasteiger partial charge is 0.505 e. The van der Waals surface area contributed by atoms with Gasteiger partial charge in [-0.1, -0.05) is 30.3 Å². The summed E-state index contributed by atoms with van der Waals surface area (Å²) in [5.41, 5.74) is 1.62. The number of hydrogen-bond acceptors (Lipinski definition) is 5. The third-order valence-electron chi connectivity index (χ3n) is 5.06. The van der Waals surface area contributed by atoms with Crippen LogP contribution in [0.25, 0.3) is 11.0 Å². The number of methoxy groups -OCH3 is 1. The summed E-state index contributed by atoms with van der Waals surface area (Å²) < 4.78 is 18.3. The summed E-state index contributed by atoms with van der Waals surface area (Å²) in [6.07, 6.45) is 2.01. The zero-order valence-electron chi connectivity index (χ0n) is 17.2. The Morgan fingerprint density at radius 3 is 2.66 bits per heavy atom. The molecule has 1 amide bonds. The molecule has 0 fully saturated rings. The van der Waals surface area contributed by atoms with Crippen LogP contribution in [0, 0.1) is 5.82 Å². The van der Waals surface area contributed by atoms with Crippen LogP contribution < -0.4 is 15.6 Å². The van der Waals surface area contributed by atoms with Crippen molar-refractivity contribution in [3.05, 3.63) is 99.2 Å². The number of rotatable bonds is 6. The average molecular weight is 433 g/mol. The van der Waals surface area contributed by atoms with Crippen molar-refractivity contribution in [3.63, 3.8) is 0 Å². The molecule has 0 radical (unpaired) electrons. The van der Waals surface area contributed by atoms with Crippen LogP contribution in [0.5, 0.6) is 11.5 Å². The van der Waals surface area contributed by atoms with Crippen molar-refractivity contribution in [2.24, 2.45) is 0 Å². The number of halogens is 1. The number of H-pyrrole nitrogens is 1. The topological polar surface area (TPSA) is 104 Å². The molecule has 2 heterocycles. The van der Waals surface area contributed by atoms with Gasteiger partial charge in [-0.3, -0.25) is 14.6 Å². The predicted molar refractivity (Wildman–Crippen MR) is 117 cm³/mol. The molecule has 4 rings (SSSR count). The lowest BCUT2D eigenvalue weighted by molar-refractivity contribution is 0.0946. The summed E-state index contributed by atoms with van der Waals surface area (Å²) in [6.45, 7) is 0.115. The monoisotopic (exact) mass is 433 g/mol. The molecule has 0 saturated heterocycles. The molecule has 4 aromatic rings. The molecule has 0 aliphatic carbocycles. The van der Waals surface area contributed by atoms with Gasteiger partial charge in [-0.05, 0) is 41.8 Å². The number of carbonyl (C=O) groups excluding carboxylic acids is 1. The van der Waals surface area contributed by atoms with Crippen molar-refractivity contribution in [3.8, 4) is 11.5 Å². The highest BCUT2D eigenvalue weighted by molar-refractivity contribution is 6.01. The molecule has 0 atom stereocenters. The summed E-state index contributed by atoms with van der Waals surface area (Å²) in [5.74, 6) is -0.945. The van der Waals surface area contributed by atoms with E-state index in [1.807, 2.05) is 0 Å². The van der Waals surface area contributed by atoms with Gasteiger partial charge in [-0.2, -0.15) is 0 Å². The fourth-order valence-corrected chi connectivity index (χ4v) is 3.46. The molecule has 7 nitrogen and oxygen atoms in total. The van der Waals surface area contributed by atoms with Gasteiger partial charge in [0.05, 0.1) is 12.6 Å². The van der Waals surface area contributed by atoms with Crippen LogP contribution in [0.4, 0.5) is 4.39 Å². The second kappa shape index (κ2) is 8.89. The Morgan fingerprint density at radius 2 is 1.91 bits per heavy atom. The van der Waals surface area contributed by atoms with E-state index in [0.717, 1.165) is 16.7 Å². The third-order valence-corrected chi connectivity index (χ3v) is 5.06. The first-order valence-electron chi connectivity index (χ1n) is 9.84. The van der Waals surface area contributed by atoms with Crippen LogP contribution in [0.1, 0.15) is 27.0 Å². The zero-order valence-corrected chi connectivity index (χ0v) is 17.2. The summed E-state index contributed by atoms with van der Waals surface area (Å²) in [7, 11) is 1.52. The van der Waals surface area contributed by atoms with Crippen molar-refractivity contribution in [2.45, 2.75) is 13.0 Å². The molecule has 2 aromatic carbocycles. The Hall–Kier alpha value is -4.20. The van der Waals surface area contributed by atoms with E-state index in [1.165, 1.54) is 19.2 Å². The number of para-hydroxylation sites is 1. The Labute approximate surface area is 182 Å². The number of ether oxygens (including phenoxy) is 1. The van der Waals surface area contributed by atoms with Crippen molar-refractivity contribution in [1.29, 1.82) is 0 Å². The number of benzene rings is 2.